The molecule has 1 aliphatic carbocycles. The predicted octanol–water partition coefficient (Wildman–Crippen LogP) is 1.85. The average Bonchev–Trinajstić information content (AvgIpc) is 2.71. The van der Waals surface area contributed by atoms with E-state index < -0.39 is 0 Å². The van der Waals surface area contributed by atoms with Crippen molar-refractivity contribution in [1.82, 2.24) is 14.3 Å². The highest BCUT2D eigenvalue weighted by molar-refractivity contribution is 5.47. The van der Waals surface area contributed by atoms with Gasteiger partial charge in [0, 0.05) is 25.5 Å². The van der Waals surface area contributed by atoms with E-state index in [4.69, 9.17) is 4.98 Å². The van der Waals surface area contributed by atoms with Crippen molar-refractivity contribution in [3.63, 3.8) is 0 Å². The number of pyridine rings is 1. The molecule has 3 rings (SSSR count). The summed E-state index contributed by atoms with van der Waals surface area (Å²) in [7, 11) is 2.13. The molecule has 2 aromatic rings. The van der Waals surface area contributed by atoms with Crippen molar-refractivity contribution in [2.45, 2.75) is 32.4 Å². The van der Waals surface area contributed by atoms with Gasteiger partial charge in [0.05, 0.1) is 11.8 Å². The van der Waals surface area contributed by atoms with Crippen LogP contribution in [0.1, 0.15) is 24.1 Å². The van der Waals surface area contributed by atoms with Gasteiger partial charge in [0.25, 0.3) is 0 Å². The van der Waals surface area contributed by atoms with Gasteiger partial charge in [0.2, 0.25) is 0 Å². The Morgan fingerprint density at radius 2 is 2.26 bits per heavy atom. The van der Waals surface area contributed by atoms with Crippen LogP contribution in [-0.4, -0.2) is 39.1 Å². The number of nitrogens with zero attached hydrogens (tertiary/aromatic N) is 3. The molecule has 4 heteroatoms. The van der Waals surface area contributed by atoms with E-state index in [9.17, 15) is 5.11 Å². The number of hydrogen-bond donors (Lipinski definition) is 1. The van der Waals surface area contributed by atoms with Crippen LogP contribution in [0.2, 0.25) is 0 Å². The molecular weight excluding hydrogens is 238 g/mol. The van der Waals surface area contributed by atoms with E-state index in [1.807, 2.05) is 12.3 Å². The van der Waals surface area contributed by atoms with E-state index in [0.29, 0.717) is 5.92 Å². The minimum Gasteiger partial charge on any atom is -0.393 e. The Balaban J connectivity index is 1.66. The van der Waals surface area contributed by atoms with Gasteiger partial charge in [-0.2, -0.15) is 0 Å². The summed E-state index contributed by atoms with van der Waals surface area (Å²) in [6.07, 6.45) is 6.00. The zero-order chi connectivity index (χ0) is 13.4. The van der Waals surface area contributed by atoms with E-state index >= 15 is 0 Å². The van der Waals surface area contributed by atoms with Crippen LogP contribution >= 0.6 is 0 Å². The van der Waals surface area contributed by atoms with Gasteiger partial charge in [-0.1, -0.05) is 6.07 Å². The van der Waals surface area contributed by atoms with E-state index in [-0.39, 0.29) is 6.10 Å². The summed E-state index contributed by atoms with van der Waals surface area (Å²) in [6, 6.07) is 4.14. The highest BCUT2D eigenvalue weighted by Crippen LogP contribution is 2.27. The van der Waals surface area contributed by atoms with Crippen LogP contribution in [0.25, 0.3) is 5.65 Å². The second-order valence-corrected chi connectivity index (χ2v) is 5.84. The number of aromatic nitrogens is 2. The van der Waals surface area contributed by atoms with E-state index in [2.05, 4.69) is 35.5 Å². The maximum Gasteiger partial charge on any atom is 0.139 e. The van der Waals surface area contributed by atoms with E-state index in [1.54, 1.807) is 0 Å². The smallest absolute Gasteiger partial charge is 0.139 e. The third kappa shape index (κ3) is 2.65. The molecule has 0 unspecified atom stereocenters. The van der Waals surface area contributed by atoms with Crippen molar-refractivity contribution in [1.29, 1.82) is 0 Å². The number of aryl methyl sites for hydroxylation is 1. The summed E-state index contributed by atoms with van der Waals surface area (Å²) in [5.74, 6) is 0.652. The fourth-order valence-electron chi connectivity index (χ4n) is 2.91. The number of imidazole rings is 1. The predicted molar refractivity (Wildman–Crippen MR) is 75.0 cm³/mol. The van der Waals surface area contributed by atoms with Crippen LogP contribution in [0.3, 0.4) is 0 Å². The van der Waals surface area contributed by atoms with Crippen LogP contribution in [0.5, 0.6) is 0 Å². The molecule has 2 aromatic heterocycles. The maximum atomic E-state index is 9.31. The van der Waals surface area contributed by atoms with Gasteiger partial charge in [-0.25, -0.2) is 4.98 Å². The highest BCUT2D eigenvalue weighted by Gasteiger charge is 2.27. The number of rotatable bonds is 4. The molecule has 0 aliphatic heterocycles. The van der Waals surface area contributed by atoms with Crippen LogP contribution in [0.4, 0.5) is 0 Å². The minimum atomic E-state index is -0.0590. The summed E-state index contributed by atoms with van der Waals surface area (Å²) in [6.45, 7) is 4.00. The lowest BCUT2D eigenvalue weighted by atomic mass is 9.82. The fraction of sp³-hybridized carbons (Fsp3) is 0.533. The van der Waals surface area contributed by atoms with Crippen molar-refractivity contribution < 1.29 is 5.11 Å². The van der Waals surface area contributed by atoms with Gasteiger partial charge in [-0.15, -0.1) is 0 Å². The van der Waals surface area contributed by atoms with Gasteiger partial charge in [0.15, 0.2) is 0 Å². The van der Waals surface area contributed by atoms with Crippen molar-refractivity contribution in [3.8, 4) is 0 Å². The molecule has 2 heterocycles. The fourth-order valence-corrected chi connectivity index (χ4v) is 2.91. The first-order chi connectivity index (χ1) is 9.11. The van der Waals surface area contributed by atoms with Crippen molar-refractivity contribution in [3.05, 3.63) is 35.8 Å². The van der Waals surface area contributed by atoms with E-state index in [0.717, 1.165) is 37.3 Å². The maximum absolute atomic E-state index is 9.31. The molecule has 1 fully saturated rings. The summed E-state index contributed by atoms with van der Waals surface area (Å²) < 4.78 is 2.09. The monoisotopic (exact) mass is 259 g/mol. The lowest BCUT2D eigenvalue weighted by Gasteiger charge is -2.34. The Morgan fingerprint density at radius 3 is 2.95 bits per heavy atom. The average molecular weight is 259 g/mol. The normalized spacial score (nSPS) is 22.9. The topological polar surface area (TPSA) is 40.8 Å². The Bertz CT molecular complexity index is 572. The molecule has 0 spiro atoms. The standard InChI is InChI=1S/C15H21N3O/c1-11-4-3-5-18-10-13(16-15(11)18)9-17(2)8-12-6-14(19)7-12/h3-5,10,12,14,19H,6-9H2,1-2H3. The van der Waals surface area contributed by atoms with E-state index in [1.165, 1.54) is 5.56 Å². The number of aliphatic hydroxyl groups is 1. The first kappa shape index (κ1) is 12.6. The first-order valence-corrected chi connectivity index (χ1v) is 6.91. The number of aliphatic hydroxyl groups excluding tert-OH is 1. The molecule has 0 saturated heterocycles. The zero-order valence-electron chi connectivity index (χ0n) is 11.6. The quantitative estimate of drug-likeness (QED) is 0.911. The molecule has 0 bridgehead atoms. The first-order valence-electron chi connectivity index (χ1n) is 6.91. The number of fused-ring (bicyclic) bond motifs is 1. The summed E-state index contributed by atoms with van der Waals surface area (Å²) >= 11 is 0. The Hall–Kier alpha value is -1.39. The summed E-state index contributed by atoms with van der Waals surface area (Å²) in [5.41, 5.74) is 3.36. The second kappa shape index (κ2) is 4.94. The van der Waals surface area contributed by atoms with Crippen LogP contribution in [0, 0.1) is 12.8 Å². The Kier molecular flexibility index (Phi) is 3.29. The molecule has 0 atom stereocenters. The molecular formula is C15H21N3O. The lowest BCUT2D eigenvalue weighted by Crippen LogP contribution is -2.36. The van der Waals surface area contributed by atoms with Gasteiger partial charge in [0.1, 0.15) is 5.65 Å². The molecule has 4 nitrogen and oxygen atoms in total. The zero-order valence-corrected chi connectivity index (χ0v) is 11.6. The van der Waals surface area contributed by atoms with Crippen LogP contribution in [0.15, 0.2) is 24.5 Å². The third-order valence-electron chi connectivity index (χ3n) is 3.94. The Labute approximate surface area is 113 Å². The molecule has 0 aromatic carbocycles. The molecule has 1 saturated carbocycles. The molecule has 0 radical (unpaired) electrons. The largest absolute Gasteiger partial charge is 0.393 e. The van der Waals surface area contributed by atoms with Crippen LogP contribution in [-0.2, 0) is 6.54 Å². The van der Waals surface area contributed by atoms with Crippen LogP contribution < -0.4 is 0 Å². The Morgan fingerprint density at radius 1 is 1.47 bits per heavy atom. The van der Waals surface area contributed by atoms with Crippen molar-refractivity contribution >= 4 is 5.65 Å². The molecule has 1 aliphatic rings. The van der Waals surface area contributed by atoms with Crippen molar-refractivity contribution in [2.24, 2.45) is 5.92 Å². The van der Waals surface area contributed by atoms with Crippen molar-refractivity contribution in [2.75, 3.05) is 13.6 Å². The van der Waals surface area contributed by atoms with Gasteiger partial charge >= 0.3 is 0 Å². The molecule has 102 valence electrons. The third-order valence-corrected chi connectivity index (χ3v) is 3.94. The molecule has 0 amide bonds. The molecule has 1 N–H and O–H groups in total. The van der Waals surface area contributed by atoms with Gasteiger partial charge < -0.3 is 14.4 Å². The SMILES string of the molecule is Cc1cccn2cc(CN(C)CC3CC(O)C3)nc12. The number of hydrogen-bond acceptors (Lipinski definition) is 3. The minimum absolute atomic E-state index is 0.0590. The lowest BCUT2D eigenvalue weighted by molar-refractivity contribution is 0.0272. The summed E-state index contributed by atoms with van der Waals surface area (Å²) in [5, 5.41) is 9.31. The summed E-state index contributed by atoms with van der Waals surface area (Å²) in [4.78, 5) is 6.99. The second-order valence-electron chi connectivity index (χ2n) is 5.84. The highest BCUT2D eigenvalue weighted by atomic mass is 16.3. The van der Waals surface area contributed by atoms with Gasteiger partial charge in [-0.3, -0.25) is 0 Å². The molecule has 19 heavy (non-hydrogen) atoms. The van der Waals surface area contributed by atoms with Gasteiger partial charge in [-0.05, 0) is 44.4 Å².